The average Bonchev–Trinajstić information content (AvgIpc) is 2.26. The topological polar surface area (TPSA) is 44.2 Å². The van der Waals surface area contributed by atoms with Crippen LogP contribution >= 0.6 is 0 Å². The molecule has 0 amide bonds. The molecule has 0 unspecified atom stereocenters. The van der Waals surface area contributed by atoms with E-state index in [4.69, 9.17) is 9.47 Å². The fraction of sp³-hybridized carbons (Fsp3) is 0.400. The Morgan fingerprint density at radius 2 is 1.86 bits per heavy atom. The third-order valence-corrected chi connectivity index (χ3v) is 2.47. The molecule has 2 heterocycles. The maximum atomic E-state index is 5.67. The molecule has 72 valence electrons. The zero-order valence-corrected chi connectivity index (χ0v) is 7.69. The summed E-state index contributed by atoms with van der Waals surface area (Å²) in [5.74, 6) is 3.08. The number of rotatable bonds is 0. The van der Waals surface area contributed by atoms with Gasteiger partial charge >= 0.3 is 0 Å². The molecule has 0 atom stereocenters. The van der Waals surface area contributed by atoms with Crippen LogP contribution in [-0.2, 0) is 0 Å². The summed E-state index contributed by atoms with van der Waals surface area (Å²) < 4.78 is 11.3. The summed E-state index contributed by atoms with van der Waals surface area (Å²) in [7, 11) is 0. The second-order valence-corrected chi connectivity index (χ2v) is 3.45. The largest absolute Gasteiger partial charge is 0.451 e. The highest BCUT2D eigenvalue weighted by molar-refractivity contribution is 5.36. The number of ether oxygens (including phenoxy) is 2. The van der Waals surface area contributed by atoms with Crippen molar-refractivity contribution in [2.45, 2.75) is 25.7 Å². The quantitative estimate of drug-likeness (QED) is 0.627. The van der Waals surface area contributed by atoms with Crippen molar-refractivity contribution in [1.82, 2.24) is 9.97 Å². The van der Waals surface area contributed by atoms with Gasteiger partial charge in [-0.3, -0.25) is 0 Å². The van der Waals surface area contributed by atoms with E-state index in [1.807, 2.05) is 0 Å². The molecule has 1 aliphatic carbocycles. The summed E-state index contributed by atoms with van der Waals surface area (Å²) in [6.07, 6.45) is 7.37. The predicted molar refractivity (Wildman–Crippen MR) is 48.8 cm³/mol. The van der Waals surface area contributed by atoms with Gasteiger partial charge in [-0.15, -0.1) is 0 Å². The maximum Gasteiger partial charge on any atom is 0.266 e. The normalized spacial score (nSPS) is 19.1. The van der Waals surface area contributed by atoms with E-state index < -0.39 is 0 Å². The highest BCUT2D eigenvalue weighted by atomic mass is 16.6. The number of aromatic nitrogens is 2. The molecule has 4 nitrogen and oxygen atoms in total. The molecule has 0 radical (unpaired) electrons. The van der Waals surface area contributed by atoms with Gasteiger partial charge in [-0.05, 0) is 12.8 Å². The summed E-state index contributed by atoms with van der Waals surface area (Å²) in [4.78, 5) is 7.91. The SMILES string of the molecule is c1ncc2c(n1)OC1=C(CCCC1)O2. The van der Waals surface area contributed by atoms with Gasteiger partial charge in [0.05, 0.1) is 6.20 Å². The Hall–Kier alpha value is -1.58. The van der Waals surface area contributed by atoms with Gasteiger partial charge in [0.1, 0.15) is 17.8 Å². The molecule has 1 aliphatic heterocycles. The molecule has 0 N–H and O–H groups in total. The van der Waals surface area contributed by atoms with E-state index in [0.29, 0.717) is 11.6 Å². The van der Waals surface area contributed by atoms with Gasteiger partial charge in [-0.1, -0.05) is 0 Å². The number of fused-ring (bicyclic) bond motifs is 1. The Labute approximate surface area is 81.6 Å². The van der Waals surface area contributed by atoms with Crippen molar-refractivity contribution in [1.29, 1.82) is 0 Å². The smallest absolute Gasteiger partial charge is 0.266 e. The summed E-state index contributed by atoms with van der Waals surface area (Å²) in [5, 5.41) is 0. The van der Waals surface area contributed by atoms with Gasteiger partial charge < -0.3 is 9.47 Å². The molecular weight excluding hydrogens is 180 g/mol. The van der Waals surface area contributed by atoms with Gasteiger partial charge in [0.2, 0.25) is 5.75 Å². The van der Waals surface area contributed by atoms with Crippen LogP contribution < -0.4 is 9.47 Å². The molecule has 1 aromatic rings. The third kappa shape index (κ3) is 1.14. The monoisotopic (exact) mass is 190 g/mol. The number of hydrogen-bond acceptors (Lipinski definition) is 4. The molecule has 0 fully saturated rings. The summed E-state index contributed by atoms with van der Waals surface area (Å²) >= 11 is 0. The van der Waals surface area contributed by atoms with E-state index in [-0.39, 0.29) is 0 Å². The van der Waals surface area contributed by atoms with Crippen LogP contribution in [0.4, 0.5) is 0 Å². The van der Waals surface area contributed by atoms with E-state index in [1.54, 1.807) is 6.20 Å². The molecule has 14 heavy (non-hydrogen) atoms. The first kappa shape index (κ1) is 7.79. The second kappa shape index (κ2) is 2.97. The predicted octanol–water partition coefficient (Wildman–Crippen LogP) is 2.03. The number of hydrogen-bond donors (Lipinski definition) is 0. The molecule has 0 saturated heterocycles. The summed E-state index contributed by atoms with van der Waals surface area (Å²) in [6.45, 7) is 0. The van der Waals surface area contributed by atoms with Crippen LogP contribution in [-0.4, -0.2) is 9.97 Å². The first-order valence-electron chi connectivity index (χ1n) is 4.81. The Balaban J connectivity index is 1.99. The zero-order chi connectivity index (χ0) is 9.38. The lowest BCUT2D eigenvalue weighted by atomic mass is 10.0. The van der Waals surface area contributed by atoms with Crippen molar-refractivity contribution in [3.63, 3.8) is 0 Å². The highest BCUT2D eigenvalue weighted by Crippen LogP contribution is 2.37. The Bertz CT molecular complexity index is 364. The average molecular weight is 190 g/mol. The Morgan fingerprint density at radius 3 is 2.71 bits per heavy atom. The van der Waals surface area contributed by atoms with Crippen LogP contribution in [0, 0.1) is 0 Å². The molecular formula is C10H10N2O2. The number of allylic oxidation sites excluding steroid dienone is 2. The lowest BCUT2D eigenvalue weighted by Gasteiger charge is -2.25. The van der Waals surface area contributed by atoms with Gasteiger partial charge in [-0.25, -0.2) is 4.98 Å². The second-order valence-electron chi connectivity index (χ2n) is 3.45. The fourth-order valence-electron chi connectivity index (χ4n) is 1.77. The highest BCUT2D eigenvalue weighted by Gasteiger charge is 2.24. The van der Waals surface area contributed by atoms with Crippen LogP contribution in [0.3, 0.4) is 0 Å². The van der Waals surface area contributed by atoms with Gasteiger partial charge in [0.15, 0.2) is 0 Å². The van der Waals surface area contributed by atoms with Gasteiger partial charge in [0.25, 0.3) is 5.88 Å². The van der Waals surface area contributed by atoms with Crippen molar-refractivity contribution in [2.75, 3.05) is 0 Å². The zero-order valence-electron chi connectivity index (χ0n) is 7.69. The van der Waals surface area contributed by atoms with E-state index in [1.165, 1.54) is 19.2 Å². The Morgan fingerprint density at radius 1 is 1.07 bits per heavy atom. The van der Waals surface area contributed by atoms with Crippen molar-refractivity contribution in [3.05, 3.63) is 24.0 Å². The van der Waals surface area contributed by atoms with E-state index in [0.717, 1.165) is 24.4 Å². The lowest BCUT2D eigenvalue weighted by molar-refractivity contribution is 0.244. The molecule has 0 bridgehead atoms. The molecule has 0 spiro atoms. The summed E-state index contributed by atoms with van der Waals surface area (Å²) in [6, 6.07) is 0. The standard InChI is InChI=1S/C10H10N2O2/c1-2-4-8-7(3-1)13-9-5-11-6-12-10(9)14-8/h5-6H,1-4H2. The lowest BCUT2D eigenvalue weighted by Crippen LogP contribution is -2.16. The molecule has 4 heteroatoms. The molecule has 3 rings (SSSR count). The maximum absolute atomic E-state index is 5.67. The minimum Gasteiger partial charge on any atom is -0.451 e. The Kier molecular flexibility index (Phi) is 1.65. The van der Waals surface area contributed by atoms with Crippen LogP contribution in [0.2, 0.25) is 0 Å². The van der Waals surface area contributed by atoms with Crippen molar-refractivity contribution < 1.29 is 9.47 Å². The van der Waals surface area contributed by atoms with Crippen LogP contribution in [0.5, 0.6) is 11.6 Å². The van der Waals surface area contributed by atoms with Crippen LogP contribution in [0.15, 0.2) is 24.0 Å². The first-order valence-corrected chi connectivity index (χ1v) is 4.81. The van der Waals surface area contributed by atoms with Gasteiger partial charge in [0, 0.05) is 12.8 Å². The van der Waals surface area contributed by atoms with Crippen LogP contribution in [0.25, 0.3) is 0 Å². The van der Waals surface area contributed by atoms with Crippen molar-refractivity contribution in [3.8, 4) is 11.6 Å². The third-order valence-electron chi connectivity index (χ3n) is 2.47. The van der Waals surface area contributed by atoms with E-state index in [2.05, 4.69) is 9.97 Å². The van der Waals surface area contributed by atoms with Gasteiger partial charge in [-0.2, -0.15) is 4.98 Å². The van der Waals surface area contributed by atoms with Crippen LogP contribution in [0.1, 0.15) is 25.7 Å². The van der Waals surface area contributed by atoms with E-state index in [9.17, 15) is 0 Å². The van der Waals surface area contributed by atoms with E-state index >= 15 is 0 Å². The summed E-state index contributed by atoms with van der Waals surface area (Å²) in [5.41, 5.74) is 0. The molecule has 0 saturated carbocycles. The fourth-order valence-corrected chi connectivity index (χ4v) is 1.77. The minimum atomic E-state index is 0.542. The molecule has 2 aliphatic rings. The molecule has 1 aromatic heterocycles. The molecule has 0 aromatic carbocycles. The van der Waals surface area contributed by atoms with Crippen molar-refractivity contribution in [2.24, 2.45) is 0 Å². The van der Waals surface area contributed by atoms with Crippen molar-refractivity contribution >= 4 is 0 Å². The minimum absolute atomic E-state index is 0.542. The first-order chi connectivity index (χ1) is 6.93. The number of nitrogens with zero attached hydrogens (tertiary/aromatic N) is 2.